The summed E-state index contributed by atoms with van der Waals surface area (Å²) < 4.78 is 17.7. The van der Waals surface area contributed by atoms with Gasteiger partial charge in [0.1, 0.15) is 28.4 Å². The number of rotatable bonds is 4. The van der Waals surface area contributed by atoms with Crippen LogP contribution in [0.4, 0.5) is 0 Å². The highest BCUT2D eigenvalue weighted by atomic mass is 16.5. The molecule has 0 aliphatic heterocycles. The minimum Gasteiger partial charge on any atom is -0.508 e. The zero-order chi connectivity index (χ0) is 18.0. The highest BCUT2D eigenvalue weighted by Gasteiger charge is 2.19. The molecular formula is C21H23O4+. The highest BCUT2D eigenvalue weighted by molar-refractivity contribution is 5.93. The van der Waals surface area contributed by atoms with Crippen molar-refractivity contribution in [2.45, 2.75) is 27.7 Å². The van der Waals surface area contributed by atoms with Gasteiger partial charge in [-0.3, -0.25) is 4.42 Å². The normalized spacial score (nSPS) is 11.9. The van der Waals surface area contributed by atoms with Gasteiger partial charge in [-0.25, -0.2) is 0 Å². The zero-order valence-corrected chi connectivity index (χ0v) is 15.1. The van der Waals surface area contributed by atoms with E-state index >= 15 is 0 Å². The second kappa shape index (κ2) is 7.01. The Bertz CT molecular complexity index is 966. The van der Waals surface area contributed by atoms with Gasteiger partial charge in [-0.15, -0.1) is 0 Å². The Kier molecular flexibility index (Phi) is 4.79. The molecule has 130 valence electrons. The summed E-state index contributed by atoms with van der Waals surface area (Å²) in [5.41, 5.74) is 2.70. The van der Waals surface area contributed by atoms with Gasteiger partial charge in [0.05, 0.1) is 18.1 Å². The van der Waals surface area contributed by atoms with Crippen LogP contribution in [0.5, 0.6) is 11.5 Å². The number of aromatic hydroxyl groups is 1. The maximum absolute atomic E-state index is 9.56. The molecule has 1 aromatic heterocycles. The van der Waals surface area contributed by atoms with E-state index in [9.17, 15) is 5.11 Å². The first kappa shape index (κ1) is 17.1. The molecule has 0 aliphatic carbocycles. The smallest absolute Gasteiger partial charge is 0.355 e. The van der Waals surface area contributed by atoms with Gasteiger partial charge >= 0.3 is 5.43 Å². The van der Waals surface area contributed by atoms with Gasteiger partial charge in [0.2, 0.25) is 0 Å². The van der Waals surface area contributed by atoms with E-state index in [1.165, 1.54) is 0 Å². The number of aryl methyl sites for hydroxylation is 2. The minimum atomic E-state index is 0.239. The van der Waals surface area contributed by atoms with Crippen molar-refractivity contribution in [1.82, 2.24) is 0 Å². The Morgan fingerprint density at radius 2 is 1.64 bits per heavy atom. The summed E-state index contributed by atoms with van der Waals surface area (Å²) in [7, 11) is 0. The van der Waals surface area contributed by atoms with Gasteiger partial charge < -0.3 is 14.3 Å². The lowest BCUT2D eigenvalue weighted by Gasteiger charge is -2.04. The molecule has 0 fully saturated rings. The first-order valence-electron chi connectivity index (χ1n) is 8.51. The fourth-order valence-corrected chi connectivity index (χ4v) is 3.10. The first-order chi connectivity index (χ1) is 12.0. The third kappa shape index (κ3) is 3.25. The summed E-state index contributed by atoms with van der Waals surface area (Å²) in [5, 5.41) is 11.4. The van der Waals surface area contributed by atoms with E-state index in [2.05, 4.69) is 0 Å². The third-order valence-corrected chi connectivity index (χ3v) is 4.13. The van der Waals surface area contributed by atoms with E-state index in [0.29, 0.717) is 13.2 Å². The molecule has 3 rings (SSSR count). The second-order valence-electron chi connectivity index (χ2n) is 5.85. The van der Waals surface area contributed by atoms with Crippen molar-refractivity contribution < 1.29 is 14.3 Å². The standard InChI is InChI=1S/C21H22O4/c1-5-23-18-11-16(15-7-9-17(22)10-8-15)12-19(24-6-2)21-14(4)25-13(3)20(18)21/h7-12H,5-6H2,1-4H3/p+1. The molecule has 0 radical (unpaired) electrons. The molecule has 0 spiro atoms. The average Bonchev–Trinajstić information content (AvgIpc) is 2.77. The van der Waals surface area contributed by atoms with Crippen LogP contribution >= 0.6 is 0 Å². The van der Waals surface area contributed by atoms with E-state index in [1.807, 2.05) is 52.0 Å². The van der Waals surface area contributed by atoms with Crippen molar-refractivity contribution in [3.8, 4) is 22.6 Å². The molecule has 1 N–H and O–H groups in total. The summed E-state index contributed by atoms with van der Waals surface area (Å²) in [5.74, 6) is 2.62. The fourth-order valence-electron chi connectivity index (χ4n) is 3.10. The molecule has 0 amide bonds. The lowest BCUT2D eigenvalue weighted by Crippen LogP contribution is -2.01. The van der Waals surface area contributed by atoms with Crippen LogP contribution in [0.25, 0.3) is 21.9 Å². The predicted molar refractivity (Wildman–Crippen MR) is 101 cm³/mol. The topological polar surface area (TPSA) is 53.9 Å². The Labute approximate surface area is 147 Å². The predicted octanol–water partition coefficient (Wildman–Crippen LogP) is 4.74. The minimum absolute atomic E-state index is 0.239. The fraction of sp³-hybridized carbons (Fsp3) is 0.286. The van der Waals surface area contributed by atoms with Crippen LogP contribution < -0.4 is 10.2 Å². The molecule has 1 heterocycles. The Hall–Kier alpha value is -2.75. The number of ether oxygens (including phenoxy) is 1. The van der Waals surface area contributed by atoms with Crippen molar-refractivity contribution in [2.75, 3.05) is 13.2 Å². The van der Waals surface area contributed by atoms with Crippen LogP contribution in [0, 0.1) is 13.8 Å². The molecule has 0 atom stereocenters. The molecule has 4 heteroatoms. The first-order valence-corrected chi connectivity index (χ1v) is 8.51. The lowest BCUT2D eigenvalue weighted by molar-refractivity contribution is 0.344. The van der Waals surface area contributed by atoms with E-state index in [0.717, 1.165) is 44.6 Å². The zero-order valence-electron chi connectivity index (χ0n) is 15.1. The van der Waals surface area contributed by atoms with Crippen LogP contribution in [-0.2, 0) is 0 Å². The van der Waals surface area contributed by atoms with E-state index in [1.54, 1.807) is 12.1 Å². The van der Waals surface area contributed by atoms with E-state index in [-0.39, 0.29) is 5.75 Å². The second-order valence-corrected chi connectivity index (χ2v) is 5.85. The van der Waals surface area contributed by atoms with E-state index < -0.39 is 0 Å². The maximum atomic E-state index is 9.56. The number of benzene rings is 1. The van der Waals surface area contributed by atoms with Crippen LogP contribution in [0.1, 0.15) is 25.4 Å². The van der Waals surface area contributed by atoms with Gasteiger partial charge in [0.25, 0.3) is 6.61 Å². The molecule has 0 saturated heterocycles. The number of furan rings is 1. The summed E-state index contributed by atoms with van der Waals surface area (Å²) >= 11 is 0. The van der Waals surface area contributed by atoms with E-state index in [4.69, 9.17) is 13.6 Å². The number of phenolic OH excluding ortho intramolecular Hbond substituents is 1. The van der Waals surface area contributed by atoms with Crippen molar-refractivity contribution in [3.05, 3.63) is 57.8 Å². The quantitative estimate of drug-likeness (QED) is 0.699. The molecule has 0 saturated carbocycles. The molecule has 25 heavy (non-hydrogen) atoms. The average molecular weight is 339 g/mol. The molecule has 0 aliphatic rings. The highest BCUT2D eigenvalue weighted by Crippen LogP contribution is 2.33. The Morgan fingerprint density at radius 3 is 2.28 bits per heavy atom. The molecule has 4 nitrogen and oxygen atoms in total. The summed E-state index contributed by atoms with van der Waals surface area (Å²) in [6.07, 6.45) is 0. The number of fused-ring (bicyclic) bond motifs is 1. The molecule has 2 aromatic carbocycles. The van der Waals surface area contributed by atoms with Gasteiger partial charge in [0.15, 0.2) is 0 Å². The van der Waals surface area contributed by atoms with Gasteiger partial charge in [-0.1, -0.05) is 12.1 Å². The largest absolute Gasteiger partial charge is 0.508 e. The van der Waals surface area contributed by atoms with Crippen molar-refractivity contribution >= 4 is 10.8 Å². The Balaban J connectivity index is 2.44. The van der Waals surface area contributed by atoms with Crippen molar-refractivity contribution in [2.24, 2.45) is 0 Å². The summed E-state index contributed by atoms with van der Waals surface area (Å²) in [6, 6.07) is 11.1. The lowest BCUT2D eigenvalue weighted by atomic mass is 10.1. The van der Waals surface area contributed by atoms with Gasteiger partial charge in [-0.05, 0) is 50.1 Å². The molecule has 0 bridgehead atoms. The summed E-state index contributed by atoms with van der Waals surface area (Å²) in [6.45, 7) is 8.92. The number of phenols is 1. The maximum Gasteiger partial charge on any atom is 0.355 e. The van der Waals surface area contributed by atoms with Crippen molar-refractivity contribution in [3.63, 3.8) is 0 Å². The van der Waals surface area contributed by atoms with Crippen LogP contribution in [0.3, 0.4) is 0 Å². The molecule has 3 aromatic rings. The molecular weight excluding hydrogens is 316 g/mol. The SMILES string of the molecule is CCOc1cc(-c2ccc(O)cc2)cc(=[O+]CC)c2c(C)oc(C)c12. The number of hydrogen-bond donors (Lipinski definition) is 1. The van der Waals surface area contributed by atoms with Gasteiger partial charge in [-0.2, -0.15) is 0 Å². The van der Waals surface area contributed by atoms with Gasteiger partial charge in [0, 0.05) is 6.92 Å². The Morgan fingerprint density at radius 1 is 0.960 bits per heavy atom. The summed E-state index contributed by atoms with van der Waals surface area (Å²) in [4.78, 5) is 0. The van der Waals surface area contributed by atoms with Crippen LogP contribution in [0.2, 0.25) is 0 Å². The van der Waals surface area contributed by atoms with Crippen molar-refractivity contribution in [1.29, 1.82) is 0 Å². The van der Waals surface area contributed by atoms with Crippen LogP contribution in [-0.4, -0.2) is 18.3 Å². The number of hydrogen-bond acceptors (Lipinski definition) is 3. The monoisotopic (exact) mass is 339 g/mol. The molecule has 0 unspecified atom stereocenters. The van der Waals surface area contributed by atoms with Crippen LogP contribution in [0.15, 0.2) is 45.2 Å². The third-order valence-electron chi connectivity index (χ3n) is 4.13.